The number of likely N-dealkylation sites (tertiary alicyclic amines) is 1. The van der Waals surface area contributed by atoms with Gasteiger partial charge in [-0.25, -0.2) is 4.98 Å². The van der Waals surface area contributed by atoms with Gasteiger partial charge in [-0.15, -0.1) is 11.3 Å². The van der Waals surface area contributed by atoms with Crippen molar-refractivity contribution in [3.63, 3.8) is 0 Å². The van der Waals surface area contributed by atoms with Gasteiger partial charge in [-0.2, -0.15) is 0 Å². The van der Waals surface area contributed by atoms with Gasteiger partial charge < -0.3 is 46.1 Å². The van der Waals surface area contributed by atoms with Crippen LogP contribution in [0, 0.1) is 12.3 Å². The Bertz CT molecular complexity index is 2780. The van der Waals surface area contributed by atoms with Gasteiger partial charge in [-0.05, 0) is 77.8 Å². The number of fused-ring (bicyclic) bond motifs is 1. The molecule has 1 aliphatic heterocycles. The van der Waals surface area contributed by atoms with Crippen molar-refractivity contribution in [1.29, 1.82) is 0 Å². The number of nitrogens with zero attached hydrogens (tertiary/aromatic N) is 3. The smallest absolute Gasteiger partial charge is 0.248 e. The van der Waals surface area contributed by atoms with Crippen molar-refractivity contribution < 1.29 is 33.8 Å². The lowest BCUT2D eigenvalue weighted by Gasteiger charge is -2.35. The van der Waals surface area contributed by atoms with Crippen molar-refractivity contribution in [3.05, 3.63) is 143 Å². The fourth-order valence-electron chi connectivity index (χ4n) is 8.77. The molecule has 2 aromatic heterocycles. The number of carbonyl (C=O) groups is 4. The summed E-state index contributed by atoms with van der Waals surface area (Å²) in [5.41, 5.74) is 15.5. The second kappa shape index (κ2) is 25.1. The Hall–Kier alpha value is -6.69. The van der Waals surface area contributed by atoms with Crippen LogP contribution < -0.4 is 21.7 Å². The number of aromatic amines is 1. The molecule has 0 aliphatic carbocycles. The maximum Gasteiger partial charge on any atom is 0.248 e. The molecule has 0 saturated carbocycles. The van der Waals surface area contributed by atoms with Gasteiger partial charge in [0.1, 0.15) is 12.1 Å². The molecule has 3 heterocycles. The predicted octanol–water partition coefficient (Wildman–Crippen LogP) is 7.67. The quantitative estimate of drug-likeness (QED) is 0.0210. The second-order valence-corrected chi connectivity index (χ2v) is 20.2. The summed E-state index contributed by atoms with van der Waals surface area (Å²) in [6.45, 7) is 12.8. The molecular formula is C56H68N8O7S. The Morgan fingerprint density at radius 1 is 0.931 bits per heavy atom. The Balaban J connectivity index is 0.851. The maximum atomic E-state index is 14.2. The summed E-state index contributed by atoms with van der Waals surface area (Å²) >= 11 is 1.58. The second-order valence-electron chi connectivity index (χ2n) is 19.4. The third-order valence-corrected chi connectivity index (χ3v) is 13.8. The Morgan fingerprint density at radius 3 is 2.38 bits per heavy atom. The van der Waals surface area contributed by atoms with Crippen LogP contribution in [0.4, 0.5) is 11.4 Å². The number of nitrogens with two attached hydrogens (primary N) is 1. The van der Waals surface area contributed by atoms with Gasteiger partial charge in [0.2, 0.25) is 23.6 Å². The summed E-state index contributed by atoms with van der Waals surface area (Å²) in [5.74, 6) is -1.40. The first kappa shape index (κ1) is 53.1. The van der Waals surface area contributed by atoms with E-state index in [2.05, 4.69) is 67.3 Å². The highest BCUT2D eigenvalue weighted by atomic mass is 32.1. The molecule has 15 nitrogen and oxygen atoms in total. The topological polar surface area (TPSA) is 204 Å². The van der Waals surface area contributed by atoms with Crippen LogP contribution in [0.1, 0.15) is 74.5 Å². The number of amides is 4. The van der Waals surface area contributed by atoms with Crippen LogP contribution in [0.25, 0.3) is 27.4 Å². The van der Waals surface area contributed by atoms with Crippen LogP contribution in [0.5, 0.6) is 0 Å². The average Bonchev–Trinajstić information content (AvgIpc) is 4.11. The molecule has 1 saturated heterocycles. The van der Waals surface area contributed by atoms with Gasteiger partial charge in [-0.1, -0.05) is 99.6 Å². The van der Waals surface area contributed by atoms with Crippen LogP contribution in [0.3, 0.4) is 0 Å². The summed E-state index contributed by atoms with van der Waals surface area (Å²) < 4.78 is 11.8. The molecule has 72 heavy (non-hydrogen) atoms. The summed E-state index contributed by atoms with van der Waals surface area (Å²) in [4.78, 5) is 66.3. The van der Waals surface area contributed by atoms with E-state index in [-0.39, 0.29) is 56.4 Å². The largest absolute Gasteiger partial charge is 0.397 e. The van der Waals surface area contributed by atoms with Crippen LogP contribution in [0.15, 0.2) is 115 Å². The molecular weight excluding hydrogens is 929 g/mol. The molecule has 0 bridgehead atoms. The molecule has 1 fully saturated rings. The van der Waals surface area contributed by atoms with Gasteiger partial charge in [0.25, 0.3) is 0 Å². The zero-order chi connectivity index (χ0) is 51.2. The fraction of sp³-hybridized carbons (Fsp3) is 0.375. The number of nitrogens with one attached hydrogen (secondary N) is 4. The SMILES string of the molecule is Cc1ncsc1-c1ccc([C@H](C)NC(=O)C2CC(O)CN2C(=O)[C@@H](NC(=O)CCOCCOCCN(CCc2c[nH]c3ccccc23)Cc2ccc(/C=C/C(=O)Nc3ccccc3N)cc2)C(C)(C)C)cc1. The number of β-amino-alcohol motifs (C(OH)–C–C–N with tert-alkyl or cyclic N) is 1. The molecule has 2 unspecified atom stereocenters. The molecule has 0 spiro atoms. The summed E-state index contributed by atoms with van der Waals surface area (Å²) in [5, 5.41) is 20.7. The Morgan fingerprint density at radius 2 is 1.65 bits per heavy atom. The van der Waals surface area contributed by atoms with Gasteiger partial charge in [0.15, 0.2) is 0 Å². The van der Waals surface area contributed by atoms with Gasteiger partial charge in [0.05, 0.1) is 66.0 Å². The lowest BCUT2D eigenvalue weighted by molar-refractivity contribution is -0.144. The zero-order valence-corrected chi connectivity index (χ0v) is 42.7. The van der Waals surface area contributed by atoms with Gasteiger partial charge >= 0.3 is 0 Å². The molecule has 7 rings (SSSR count). The number of aliphatic hydroxyl groups is 1. The van der Waals surface area contributed by atoms with Crippen LogP contribution in [0.2, 0.25) is 0 Å². The van der Waals surface area contributed by atoms with E-state index in [1.807, 2.05) is 94.7 Å². The van der Waals surface area contributed by atoms with Crippen molar-refractivity contribution in [1.82, 2.24) is 30.4 Å². The Labute approximate surface area is 426 Å². The number of aromatic nitrogens is 2. The minimum atomic E-state index is -0.943. The predicted molar refractivity (Wildman–Crippen MR) is 285 cm³/mol. The first-order valence-corrected chi connectivity index (χ1v) is 25.4. The molecule has 380 valence electrons. The monoisotopic (exact) mass is 996 g/mol. The van der Waals surface area contributed by atoms with E-state index in [4.69, 9.17) is 15.2 Å². The molecule has 16 heteroatoms. The highest BCUT2D eigenvalue weighted by Gasteiger charge is 2.44. The molecule has 0 radical (unpaired) electrons. The van der Waals surface area contributed by atoms with E-state index in [1.54, 1.807) is 29.5 Å². The first-order chi connectivity index (χ1) is 34.6. The van der Waals surface area contributed by atoms with Crippen molar-refractivity contribution in [2.45, 2.75) is 84.7 Å². The van der Waals surface area contributed by atoms with Crippen molar-refractivity contribution in [2.24, 2.45) is 5.41 Å². The van der Waals surface area contributed by atoms with Crippen molar-refractivity contribution in [3.8, 4) is 10.4 Å². The number of H-pyrrole nitrogens is 1. The van der Waals surface area contributed by atoms with Crippen LogP contribution in [-0.4, -0.2) is 113 Å². The summed E-state index contributed by atoms with van der Waals surface area (Å²) in [6.07, 6.45) is 5.43. The lowest BCUT2D eigenvalue weighted by atomic mass is 9.85. The number of hydrogen-bond acceptors (Lipinski definition) is 11. The van der Waals surface area contributed by atoms with Crippen LogP contribution in [-0.2, 0) is 41.6 Å². The van der Waals surface area contributed by atoms with Crippen LogP contribution >= 0.6 is 11.3 Å². The highest BCUT2D eigenvalue weighted by molar-refractivity contribution is 7.13. The number of nitrogen functional groups attached to an aromatic ring is 1. The summed E-state index contributed by atoms with van der Waals surface area (Å²) in [7, 11) is 0. The Kier molecular flexibility index (Phi) is 18.5. The molecule has 7 N–H and O–H groups in total. The number of carbonyl (C=O) groups excluding carboxylic acids is 4. The number of anilines is 2. The lowest BCUT2D eigenvalue weighted by Crippen LogP contribution is -2.58. The molecule has 6 aromatic rings. The number of benzene rings is 4. The van der Waals surface area contributed by atoms with E-state index in [9.17, 15) is 24.3 Å². The zero-order valence-electron chi connectivity index (χ0n) is 41.9. The van der Waals surface area contributed by atoms with E-state index in [1.165, 1.54) is 21.9 Å². The third-order valence-electron chi connectivity index (χ3n) is 12.9. The average molecular weight is 997 g/mol. The fourth-order valence-corrected chi connectivity index (χ4v) is 9.58. The van der Waals surface area contributed by atoms with E-state index in [0.717, 1.165) is 51.3 Å². The summed E-state index contributed by atoms with van der Waals surface area (Å²) in [6, 6.07) is 29.3. The van der Waals surface area contributed by atoms with E-state index < -0.39 is 29.5 Å². The maximum absolute atomic E-state index is 14.2. The number of thiazole rings is 1. The highest BCUT2D eigenvalue weighted by Crippen LogP contribution is 2.30. The number of aliphatic hydroxyl groups excluding tert-OH is 1. The van der Waals surface area contributed by atoms with E-state index in [0.29, 0.717) is 37.7 Å². The van der Waals surface area contributed by atoms with Crippen molar-refractivity contribution >= 4 is 63.3 Å². The minimum absolute atomic E-state index is 0.0118. The number of hydrogen-bond donors (Lipinski definition) is 6. The molecule has 1 aliphatic rings. The first-order valence-electron chi connectivity index (χ1n) is 24.6. The minimum Gasteiger partial charge on any atom is -0.397 e. The normalized spacial score (nSPS) is 15.8. The molecule has 4 aromatic carbocycles. The standard InChI is InChI=1S/C56H68N8O7S/c1-37(41-19-21-42(22-20-41)52-38(2)59-36-72-52)60-54(68)49-32-44(65)35-64(49)55(69)53(56(3,4)5)62-51(67)25-28-70-30-31-71-29-27-63(26-24-43-33-58-47-12-8-6-10-45(43)47)34-40-16-14-39(15-17-40)18-23-50(66)61-48-13-9-7-11-46(48)57/h6-23,33,36-37,44,49,53,58,65H,24-32,34-35,57H2,1-5H3,(H,60,68)(H,61,66)(H,62,67)/b23-18+/t37-,44?,49?,53+/m0/s1. The number of ether oxygens (including phenoxy) is 2. The number of rotatable bonds is 23. The number of para-hydroxylation sites is 3. The molecule has 4 amide bonds. The third kappa shape index (κ3) is 14.7. The number of aryl methyl sites for hydroxylation is 1. The van der Waals surface area contributed by atoms with E-state index >= 15 is 0 Å². The molecule has 4 atom stereocenters. The van der Waals surface area contributed by atoms with Gasteiger partial charge in [0, 0.05) is 62.2 Å². The van der Waals surface area contributed by atoms with Gasteiger partial charge in [-0.3, -0.25) is 24.1 Å². The van der Waals surface area contributed by atoms with Crippen molar-refractivity contribution in [2.75, 3.05) is 57.1 Å².